The van der Waals surface area contributed by atoms with E-state index in [-0.39, 0.29) is 5.92 Å². The molecule has 0 aromatic heterocycles. The van der Waals surface area contributed by atoms with Crippen molar-refractivity contribution >= 4 is 11.7 Å². The van der Waals surface area contributed by atoms with E-state index >= 15 is 0 Å². The average Bonchev–Trinajstić information content (AvgIpc) is 2.76. The molecule has 0 amide bonds. The predicted molar refractivity (Wildman–Crippen MR) is 119 cm³/mol. The van der Waals surface area contributed by atoms with Crippen LogP contribution < -0.4 is 5.32 Å². The van der Waals surface area contributed by atoms with Gasteiger partial charge in [0.25, 0.3) is 0 Å². The molecule has 0 spiro atoms. The number of carbonyl (C=O) groups is 1. The molecule has 5 heteroatoms. The third-order valence-electron chi connectivity index (χ3n) is 6.47. The lowest BCUT2D eigenvalue weighted by Crippen LogP contribution is -2.40. The van der Waals surface area contributed by atoms with Crippen LogP contribution in [0, 0.1) is 5.92 Å². The zero-order valence-electron chi connectivity index (χ0n) is 17.6. The van der Waals surface area contributed by atoms with Gasteiger partial charge >= 0.3 is 5.97 Å². The summed E-state index contributed by atoms with van der Waals surface area (Å²) in [6.07, 6.45) is 3.76. The van der Waals surface area contributed by atoms with Crippen molar-refractivity contribution in [1.82, 2.24) is 4.90 Å². The molecule has 160 valence electrons. The molecule has 1 fully saturated rings. The molecule has 2 aromatic carbocycles. The van der Waals surface area contributed by atoms with Gasteiger partial charge in [0.05, 0.1) is 12.5 Å². The van der Waals surface area contributed by atoms with Crippen LogP contribution >= 0.6 is 0 Å². The van der Waals surface area contributed by atoms with Crippen molar-refractivity contribution < 1.29 is 14.6 Å². The molecular formula is C25H32N2O3. The van der Waals surface area contributed by atoms with Crippen LogP contribution in [-0.4, -0.2) is 48.8 Å². The fraction of sp³-hybridized carbons (Fsp3) is 0.480. The molecule has 0 radical (unpaired) electrons. The van der Waals surface area contributed by atoms with Gasteiger partial charge in [-0.1, -0.05) is 42.5 Å². The van der Waals surface area contributed by atoms with Crippen LogP contribution in [0.2, 0.25) is 0 Å². The van der Waals surface area contributed by atoms with Crippen LogP contribution in [0.15, 0.2) is 48.5 Å². The highest BCUT2D eigenvalue weighted by atomic mass is 16.5. The van der Waals surface area contributed by atoms with Gasteiger partial charge in [-0.3, -0.25) is 4.79 Å². The first-order valence-corrected chi connectivity index (χ1v) is 11.1. The Bertz CT molecular complexity index is 854. The number of nitrogens with zero attached hydrogens (tertiary/aromatic N) is 1. The Morgan fingerprint density at radius 1 is 1.10 bits per heavy atom. The standard InChI is InChI=1S/C25H32N2O3/c28-25(29)22-8-5-12-27(18-22)13-15-30-14-11-20-16-19-6-1-2-7-21(19)17-26-24-10-4-3-9-23(20)24/h1-4,6-7,9-10,20,22,26H,5,8,11-18H2,(H,28,29)/t20?,22-/m1/s1. The Labute approximate surface area is 179 Å². The summed E-state index contributed by atoms with van der Waals surface area (Å²) >= 11 is 0. The van der Waals surface area contributed by atoms with Crippen LogP contribution in [0.5, 0.6) is 0 Å². The van der Waals surface area contributed by atoms with Crippen molar-refractivity contribution in [2.45, 2.75) is 38.1 Å². The summed E-state index contributed by atoms with van der Waals surface area (Å²) in [4.78, 5) is 13.5. The lowest BCUT2D eigenvalue weighted by atomic mass is 9.85. The average molecular weight is 409 g/mol. The summed E-state index contributed by atoms with van der Waals surface area (Å²) in [7, 11) is 0. The van der Waals surface area contributed by atoms with E-state index in [1.807, 2.05) is 0 Å². The fourth-order valence-electron chi connectivity index (χ4n) is 4.75. The number of rotatable bonds is 7. The Morgan fingerprint density at radius 2 is 1.90 bits per heavy atom. The highest BCUT2D eigenvalue weighted by molar-refractivity contribution is 5.70. The topological polar surface area (TPSA) is 61.8 Å². The van der Waals surface area contributed by atoms with E-state index in [1.54, 1.807) is 0 Å². The maximum Gasteiger partial charge on any atom is 0.307 e. The molecular weight excluding hydrogens is 376 g/mol. The summed E-state index contributed by atoms with van der Waals surface area (Å²) in [5, 5.41) is 12.9. The van der Waals surface area contributed by atoms with E-state index in [9.17, 15) is 9.90 Å². The summed E-state index contributed by atoms with van der Waals surface area (Å²) in [5.41, 5.74) is 5.38. The number of piperidine rings is 1. The quantitative estimate of drug-likeness (QED) is 0.674. The van der Waals surface area contributed by atoms with Gasteiger partial charge in [-0.25, -0.2) is 0 Å². The first kappa shape index (κ1) is 20.9. The van der Waals surface area contributed by atoms with Crippen LogP contribution in [0.25, 0.3) is 0 Å². The van der Waals surface area contributed by atoms with Gasteiger partial charge in [0, 0.05) is 31.9 Å². The van der Waals surface area contributed by atoms with Crippen molar-refractivity contribution in [2.75, 3.05) is 38.2 Å². The zero-order valence-corrected chi connectivity index (χ0v) is 17.6. The first-order chi connectivity index (χ1) is 14.7. The number of hydrogen-bond acceptors (Lipinski definition) is 4. The Hall–Kier alpha value is -2.37. The van der Waals surface area contributed by atoms with Gasteiger partial charge in [-0.2, -0.15) is 0 Å². The number of nitrogens with one attached hydrogen (secondary N) is 1. The minimum atomic E-state index is -0.669. The predicted octanol–water partition coefficient (Wildman–Crippen LogP) is 4.14. The maximum atomic E-state index is 11.2. The Kier molecular flexibility index (Phi) is 7.03. The maximum absolute atomic E-state index is 11.2. The van der Waals surface area contributed by atoms with Crippen LogP contribution in [-0.2, 0) is 22.5 Å². The molecule has 1 unspecified atom stereocenters. The molecule has 0 aliphatic carbocycles. The summed E-state index contributed by atoms with van der Waals surface area (Å²) in [5.74, 6) is -0.475. The smallest absolute Gasteiger partial charge is 0.307 e. The lowest BCUT2D eigenvalue weighted by Gasteiger charge is -2.30. The second-order valence-electron chi connectivity index (χ2n) is 8.49. The number of carboxylic acids is 1. The second-order valence-corrected chi connectivity index (χ2v) is 8.49. The Balaban J connectivity index is 1.31. The minimum Gasteiger partial charge on any atom is -0.481 e. The van der Waals surface area contributed by atoms with Crippen molar-refractivity contribution in [2.24, 2.45) is 5.92 Å². The van der Waals surface area contributed by atoms with E-state index in [0.29, 0.717) is 19.1 Å². The van der Waals surface area contributed by atoms with E-state index in [1.165, 1.54) is 22.4 Å². The molecule has 2 N–H and O–H groups in total. The summed E-state index contributed by atoms with van der Waals surface area (Å²) in [6.45, 7) is 4.69. The summed E-state index contributed by atoms with van der Waals surface area (Å²) in [6, 6.07) is 17.3. The van der Waals surface area contributed by atoms with E-state index in [0.717, 1.165) is 51.9 Å². The number of hydrogen-bond donors (Lipinski definition) is 2. The summed E-state index contributed by atoms with van der Waals surface area (Å²) < 4.78 is 6.00. The van der Waals surface area contributed by atoms with Crippen LogP contribution in [0.4, 0.5) is 5.69 Å². The number of likely N-dealkylation sites (tertiary alicyclic amines) is 1. The highest BCUT2D eigenvalue weighted by Gasteiger charge is 2.25. The van der Waals surface area contributed by atoms with Gasteiger partial charge in [-0.15, -0.1) is 0 Å². The molecule has 2 heterocycles. The van der Waals surface area contributed by atoms with Gasteiger partial charge in [0.1, 0.15) is 0 Å². The normalized spacial score (nSPS) is 21.6. The number of anilines is 1. The number of aliphatic carboxylic acids is 1. The van der Waals surface area contributed by atoms with Gasteiger partial charge in [0.15, 0.2) is 0 Å². The largest absolute Gasteiger partial charge is 0.481 e. The van der Waals surface area contributed by atoms with Crippen LogP contribution in [0.1, 0.15) is 41.9 Å². The SMILES string of the molecule is O=C(O)[C@@H]1CCCN(CCOCCC2Cc3ccccc3CNc3ccccc32)C1. The third kappa shape index (κ3) is 5.21. The van der Waals surface area contributed by atoms with Gasteiger partial charge < -0.3 is 20.1 Å². The fourth-order valence-corrected chi connectivity index (χ4v) is 4.75. The third-order valence-corrected chi connectivity index (χ3v) is 6.47. The number of para-hydroxylation sites is 1. The van der Waals surface area contributed by atoms with Crippen molar-refractivity contribution in [3.8, 4) is 0 Å². The number of fused-ring (bicyclic) bond motifs is 2. The number of ether oxygens (including phenoxy) is 1. The van der Waals surface area contributed by atoms with Crippen LogP contribution in [0.3, 0.4) is 0 Å². The zero-order chi connectivity index (χ0) is 20.8. The number of benzene rings is 2. The molecule has 2 aliphatic rings. The van der Waals surface area contributed by atoms with E-state index < -0.39 is 5.97 Å². The van der Waals surface area contributed by atoms with Crippen molar-refractivity contribution in [3.05, 3.63) is 65.2 Å². The van der Waals surface area contributed by atoms with E-state index in [4.69, 9.17) is 4.74 Å². The monoisotopic (exact) mass is 408 g/mol. The molecule has 0 saturated carbocycles. The first-order valence-electron chi connectivity index (χ1n) is 11.1. The lowest BCUT2D eigenvalue weighted by molar-refractivity contribution is -0.143. The highest BCUT2D eigenvalue weighted by Crippen LogP contribution is 2.33. The van der Waals surface area contributed by atoms with Crippen molar-refractivity contribution in [3.63, 3.8) is 0 Å². The van der Waals surface area contributed by atoms with E-state index in [2.05, 4.69) is 58.7 Å². The molecule has 0 bridgehead atoms. The Morgan fingerprint density at radius 3 is 2.77 bits per heavy atom. The molecule has 2 atom stereocenters. The minimum absolute atomic E-state index is 0.224. The molecule has 4 rings (SSSR count). The van der Waals surface area contributed by atoms with Crippen molar-refractivity contribution in [1.29, 1.82) is 0 Å². The molecule has 30 heavy (non-hydrogen) atoms. The van der Waals surface area contributed by atoms with Gasteiger partial charge in [0.2, 0.25) is 0 Å². The van der Waals surface area contributed by atoms with Gasteiger partial charge in [-0.05, 0) is 60.9 Å². The molecule has 1 saturated heterocycles. The molecule has 5 nitrogen and oxygen atoms in total. The molecule has 2 aliphatic heterocycles. The molecule has 2 aromatic rings. The number of carboxylic acid groups (broad SMARTS) is 1. The second kappa shape index (κ2) is 10.1.